The fourth-order valence-electron chi connectivity index (χ4n) is 2.12. The molecule has 2 aromatic rings. The smallest absolute Gasteiger partial charge is 0.127 e. The highest BCUT2D eigenvalue weighted by molar-refractivity contribution is 9.10. The normalized spacial score (nSPS) is 11.0. The lowest BCUT2D eigenvalue weighted by Gasteiger charge is -2.09. The van der Waals surface area contributed by atoms with Crippen LogP contribution in [0, 0.1) is 0 Å². The van der Waals surface area contributed by atoms with Crippen LogP contribution in [0.2, 0.25) is 0 Å². The number of aromatic nitrogens is 1. The highest BCUT2D eigenvalue weighted by Gasteiger charge is 2.07. The summed E-state index contributed by atoms with van der Waals surface area (Å²) in [6.45, 7) is 4.29. The Balaban J connectivity index is 2.68. The van der Waals surface area contributed by atoms with E-state index >= 15 is 0 Å². The van der Waals surface area contributed by atoms with Gasteiger partial charge in [0.2, 0.25) is 0 Å². The maximum absolute atomic E-state index is 6.01. The Morgan fingerprint density at radius 3 is 2.59 bits per heavy atom. The SMILES string of the molecule is CCCc1cc2cc(Br)cc(CC)c2nc1N. The predicted molar refractivity (Wildman–Crippen MR) is 77.2 cm³/mol. The van der Waals surface area contributed by atoms with Gasteiger partial charge in [-0.2, -0.15) is 0 Å². The Kier molecular flexibility index (Phi) is 3.67. The van der Waals surface area contributed by atoms with Crippen LogP contribution in [0.1, 0.15) is 31.4 Å². The molecule has 0 aliphatic rings. The molecule has 1 heterocycles. The van der Waals surface area contributed by atoms with Crippen molar-refractivity contribution < 1.29 is 0 Å². The molecule has 0 saturated heterocycles. The number of aryl methyl sites for hydroxylation is 2. The van der Waals surface area contributed by atoms with Crippen LogP contribution in [0.25, 0.3) is 10.9 Å². The zero-order valence-corrected chi connectivity index (χ0v) is 11.8. The first-order valence-electron chi connectivity index (χ1n) is 6.03. The van der Waals surface area contributed by atoms with E-state index in [2.05, 4.69) is 53.0 Å². The van der Waals surface area contributed by atoms with E-state index in [4.69, 9.17) is 5.73 Å². The van der Waals surface area contributed by atoms with Crippen molar-refractivity contribution in [1.29, 1.82) is 0 Å². The van der Waals surface area contributed by atoms with Gasteiger partial charge in [-0.1, -0.05) is 36.2 Å². The summed E-state index contributed by atoms with van der Waals surface area (Å²) in [6, 6.07) is 6.40. The molecular weight excluding hydrogens is 276 g/mol. The molecule has 0 atom stereocenters. The molecule has 0 saturated carbocycles. The minimum atomic E-state index is 0.677. The number of nitrogens with two attached hydrogens (primary N) is 1. The minimum Gasteiger partial charge on any atom is -0.383 e. The van der Waals surface area contributed by atoms with Crippen LogP contribution >= 0.6 is 15.9 Å². The summed E-state index contributed by atoms with van der Waals surface area (Å²) in [5.74, 6) is 0.677. The van der Waals surface area contributed by atoms with Crippen molar-refractivity contribution in [1.82, 2.24) is 4.98 Å². The van der Waals surface area contributed by atoms with Gasteiger partial charge in [-0.25, -0.2) is 4.98 Å². The highest BCUT2D eigenvalue weighted by Crippen LogP contribution is 2.26. The van der Waals surface area contributed by atoms with E-state index in [1.165, 1.54) is 10.9 Å². The molecule has 0 aliphatic heterocycles. The lowest BCUT2D eigenvalue weighted by Crippen LogP contribution is -2.00. The van der Waals surface area contributed by atoms with Gasteiger partial charge in [-0.3, -0.25) is 0 Å². The van der Waals surface area contributed by atoms with Gasteiger partial charge >= 0.3 is 0 Å². The number of benzene rings is 1. The summed E-state index contributed by atoms with van der Waals surface area (Å²) >= 11 is 3.55. The van der Waals surface area contributed by atoms with Crippen molar-refractivity contribution in [2.75, 3.05) is 5.73 Å². The topological polar surface area (TPSA) is 38.9 Å². The van der Waals surface area contributed by atoms with Gasteiger partial charge in [0, 0.05) is 9.86 Å². The fraction of sp³-hybridized carbons (Fsp3) is 0.357. The molecule has 1 aromatic heterocycles. The molecule has 90 valence electrons. The Labute approximate surface area is 110 Å². The van der Waals surface area contributed by atoms with Crippen LogP contribution in [0.15, 0.2) is 22.7 Å². The van der Waals surface area contributed by atoms with E-state index in [1.807, 2.05) is 0 Å². The van der Waals surface area contributed by atoms with Gasteiger partial charge < -0.3 is 5.73 Å². The largest absolute Gasteiger partial charge is 0.383 e. The second-order valence-electron chi connectivity index (χ2n) is 4.27. The van der Waals surface area contributed by atoms with E-state index < -0.39 is 0 Å². The number of anilines is 1. The van der Waals surface area contributed by atoms with Crippen LogP contribution in [0.5, 0.6) is 0 Å². The Hall–Kier alpha value is -1.09. The number of hydrogen-bond donors (Lipinski definition) is 1. The van der Waals surface area contributed by atoms with Gasteiger partial charge in [-0.15, -0.1) is 0 Å². The van der Waals surface area contributed by atoms with E-state index in [1.54, 1.807) is 0 Å². The molecule has 0 amide bonds. The number of hydrogen-bond acceptors (Lipinski definition) is 2. The fourth-order valence-corrected chi connectivity index (χ4v) is 2.64. The van der Waals surface area contributed by atoms with Crippen LogP contribution in [-0.2, 0) is 12.8 Å². The number of nitrogen functional groups attached to an aromatic ring is 1. The minimum absolute atomic E-state index is 0.677. The maximum atomic E-state index is 6.01. The third-order valence-corrected chi connectivity index (χ3v) is 3.43. The molecular formula is C14H17BrN2. The molecule has 0 radical (unpaired) electrons. The Morgan fingerprint density at radius 2 is 1.94 bits per heavy atom. The quantitative estimate of drug-likeness (QED) is 0.925. The monoisotopic (exact) mass is 292 g/mol. The summed E-state index contributed by atoms with van der Waals surface area (Å²) in [5, 5.41) is 1.17. The van der Waals surface area contributed by atoms with Gasteiger partial charge in [0.15, 0.2) is 0 Å². The van der Waals surface area contributed by atoms with Crippen molar-refractivity contribution >= 4 is 32.7 Å². The number of nitrogens with zero attached hydrogens (tertiary/aromatic N) is 1. The summed E-state index contributed by atoms with van der Waals surface area (Å²) < 4.78 is 1.11. The first-order valence-corrected chi connectivity index (χ1v) is 6.82. The van der Waals surface area contributed by atoms with Crippen LogP contribution in [-0.4, -0.2) is 4.98 Å². The second kappa shape index (κ2) is 5.05. The standard InChI is InChI=1S/C14H17BrN2/c1-3-5-10-6-11-8-12(15)7-9(4-2)13(11)17-14(10)16/h6-8H,3-5H2,1-2H3,(H2,16,17). The lowest BCUT2D eigenvalue weighted by atomic mass is 10.0. The number of fused-ring (bicyclic) bond motifs is 1. The highest BCUT2D eigenvalue weighted by atomic mass is 79.9. The van der Waals surface area contributed by atoms with Crippen LogP contribution in [0.3, 0.4) is 0 Å². The molecule has 0 spiro atoms. The summed E-state index contributed by atoms with van der Waals surface area (Å²) in [4.78, 5) is 4.56. The van der Waals surface area contributed by atoms with Gasteiger partial charge in [0.05, 0.1) is 5.52 Å². The molecule has 0 fully saturated rings. The number of rotatable bonds is 3. The summed E-state index contributed by atoms with van der Waals surface area (Å²) in [6.07, 6.45) is 3.05. The van der Waals surface area contributed by atoms with Crippen molar-refractivity contribution in [3.05, 3.63) is 33.8 Å². The molecule has 0 aliphatic carbocycles. The number of pyridine rings is 1. The van der Waals surface area contributed by atoms with Crippen LogP contribution < -0.4 is 5.73 Å². The molecule has 2 rings (SSSR count). The van der Waals surface area contributed by atoms with Crippen molar-refractivity contribution in [3.8, 4) is 0 Å². The molecule has 3 heteroatoms. The van der Waals surface area contributed by atoms with E-state index in [0.29, 0.717) is 5.82 Å². The van der Waals surface area contributed by atoms with Crippen molar-refractivity contribution in [2.45, 2.75) is 33.1 Å². The molecule has 0 bridgehead atoms. The molecule has 1 aromatic carbocycles. The van der Waals surface area contributed by atoms with Crippen LogP contribution in [0.4, 0.5) is 5.82 Å². The average Bonchev–Trinajstić information content (AvgIpc) is 2.30. The maximum Gasteiger partial charge on any atom is 0.127 e. The van der Waals surface area contributed by atoms with E-state index in [9.17, 15) is 0 Å². The average molecular weight is 293 g/mol. The third-order valence-electron chi connectivity index (χ3n) is 2.97. The third kappa shape index (κ3) is 2.44. The molecule has 17 heavy (non-hydrogen) atoms. The molecule has 2 nitrogen and oxygen atoms in total. The second-order valence-corrected chi connectivity index (χ2v) is 5.19. The first-order chi connectivity index (χ1) is 8.15. The summed E-state index contributed by atoms with van der Waals surface area (Å²) in [7, 11) is 0. The Morgan fingerprint density at radius 1 is 1.18 bits per heavy atom. The first kappa shape index (κ1) is 12.4. The van der Waals surface area contributed by atoms with E-state index in [-0.39, 0.29) is 0 Å². The number of halogens is 1. The zero-order valence-electron chi connectivity index (χ0n) is 10.3. The summed E-state index contributed by atoms with van der Waals surface area (Å²) in [5.41, 5.74) is 9.44. The van der Waals surface area contributed by atoms with E-state index in [0.717, 1.165) is 34.8 Å². The predicted octanol–water partition coefficient (Wildman–Crippen LogP) is 4.09. The lowest BCUT2D eigenvalue weighted by molar-refractivity contribution is 0.920. The van der Waals surface area contributed by atoms with Gasteiger partial charge in [0.25, 0.3) is 0 Å². The van der Waals surface area contributed by atoms with Crippen molar-refractivity contribution in [3.63, 3.8) is 0 Å². The van der Waals surface area contributed by atoms with Gasteiger partial charge in [-0.05, 0) is 42.2 Å². The molecule has 0 unspecified atom stereocenters. The van der Waals surface area contributed by atoms with Crippen molar-refractivity contribution in [2.24, 2.45) is 0 Å². The Bertz CT molecular complexity index is 549. The van der Waals surface area contributed by atoms with Gasteiger partial charge in [0.1, 0.15) is 5.82 Å². The zero-order chi connectivity index (χ0) is 12.4. The molecule has 2 N–H and O–H groups in total.